The van der Waals surface area contributed by atoms with Crippen LogP contribution in [0.2, 0.25) is 0 Å². The standard InChI is InChI=1S/C20H19N3O5S2/c1-30(27,28)15-11-13(10-14(12-15)23(25)26)20(24)22-9-5-4-7-17(22)19-21-16-6-2-3-8-18(16)29-19/h2-3,6,8,10-12,17H,4-5,7,9H2,1H3. The molecule has 1 amide bonds. The summed E-state index contributed by atoms with van der Waals surface area (Å²) in [5, 5.41) is 12.1. The van der Waals surface area contributed by atoms with Crippen molar-refractivity contribution in [3.8, 4) is 0 Å². The van der Waals surface area contributed by atoms with Gasteiger partial charge in [-0.1, -0.05) is 12.1 Å². The van der Waals surface area contributed by atoms with Gasteiger partial charge >= 0.3 is 0 Å². The third-order valence-corrected chi connectivity index (χ3v) is 7.37. The summed E-state index contributed by atoms with van der Waals surface area (Å²) in [6.45, 7) is 0.482. The van der Waals surface area contributed by atoms with Gasteiger partial charge in [0.1, 0.15) is 5.01 Å². The van der Waals surface area contributed by atoms with Crippen LogP contribution >= 0.6 is 11.3 Å². The van der Waals surface area contributed by atoms with Crippen molar-refractivity contribution in [2.45, 2.75) is 30.2 Å². The minimum absolute atomic E-state index is 0.00219. The molecule has 1 aliphatic rings. The Morgan fingerprint density at radius 3 is 2.70 bits per heavy atom. The number of nitro benzene ring substituents is 1. The molecule has 1 aromatic heterocycles. The van der Waals surface area contributed by atoms with Crippen LogP contribution in [0.5, 0.6) is 0 Å². The second-order valence-electron chi connectivity index (χ2n) is 7.27. The van der Waals surface area contributed by atoms with Crippen molar-refractivity contribution >= 4 is 43.0 Å². The lowest BCUT2D eigenvalue weighted by Gasteiger charge is -2.34. The van der Waals surface area contributed by atoms with Gasteiger partial charge in [-0.15, -0.1) is 11.3 Å². The molecule has 0 spiro atoms. The smallest absolute Gasteiger partial charge is 0.271 e. The van der Waals surface area contributed by atoms with Crippen molar-refractivity contribution in [2.75, 3.05) is 12.8 Å². The van der Waals surface area contributed by atoms with Gasteiger partial charge in [0.15, 0.2) is 9.84 Å². The fourth-order valence-corrected chi connectivity index (χ4v) is 5.45. The molecule has 0 N–H and O–H groups in total. The van der Waals surface area contributed by atoms with Gasteiger partial charge in [-0.25, -0.2) is 13.4 Å². The van der Waals surface area contributed by atoms with Crippen LogP contribution in [0.25, 0.3) is 10.2 Å². The molecule has 1 unspecified atom stereocenters. The number of thiazole rings is 1. The van der Waals surface area contributed by atoms with Gasteiger partial charge in [-0.2, -0.15) is 0 Å². The number of carbonyl (C=O) groups excluding carboxylic acids is 1. The second kappa shape index (κ2) is 7.77. The number of likely N-dealkylation sites (tertiary alicyclic amines) is 1. The number of piperidine rings is 1. The second-order valence-corrected chi connectivity index (χ2v) is 10.4. The molecule has 2 aromatic carbocycles. The predicted octanol–water partition coefficient (Wildman–Crippen LogP) is 3.98. The Morgan fingerprint density at radius 2 is 2.00 bits per heavy atom. The number of amides is 1. The van der Waals surface area contributed by atoms with Gasteiger partial charge in [0.05, 0.1) is 26.1 Å². The Labute approximate surface area is 177 Å². The Balaban J connectivity index is 1.75. The van der Waals surface area contributed by atoms with Crippen LogP contribution in [0.15, 0.2) is 47.4 Å². The van der Waals surface area contributed by atoms with Crippen LogP contribution in [0.4, 0.5) is 5.69 Å². The Kier molecular flexibility index (Phi) is 5.29. The van der Waals surface area contributed by atoms with Crippen LogP contribution in [0.1, 0.15) is 40.7 Å². The highest BCUT2D eigenvalue weighted by atomic mass is 32.2. The molecular weight excluding hydrogens is 426 g/mol. The molecule has 3 aromatic rings. The highest BCUT2D eigenvalue weighted by Crippen LogP contribution is 2.37. The number of hydrogen-bond acceptors (Lipinski definition) is 7. The van der Waals surface area contributed by atoms with Crippen molar-refractivity contribution in [1.29, 1.82) is 0 Å². The van der Waals surface area contributed by atoms with Gasteiger partial charge in [0.25, 0.3) is 11.6 Å². The number of non-ortho nitro benzene ring substituents is 1. The van der Waals surface area contributed by atoms with Crippen molar-refractivity contribution < 1.29 is 18.1 Å². The molecule has 1 fully saturated rings. The molecule has 1 saturated heterocycles. The van der Waals surface area contributed by atoms with Crippen molar-refractivity contribution in [1.82, 2.24) is 9.88 Å². The number of sulfone groups is 1. The molecule has 0 radical (unpaired) electrons. The first-order chi connectivity index (χ1) is 14.2. The molecule has 156 valence electrons. The summed E-state index contributed by atoms with van der Waals surface area (Å²) >= 11 is 1.53. The molecule has 1 atom stereocenters. The molecule has 4 rings (SSSR count). The average Bonchev–Trinajstić information content (AvgIpc) is 3.16. The summed E-state index contributed by atoms with van der Waals surface area (Å²) in [6.07, 6.45) is 3.44. The van der Waals surface area contributed by atoms with Crippen LogP contribution in [0, 0.1) is 10.1 Å². The van der Waals surface area contributed by atoms with Crippen LogP contribution in [-0.2, 0) is 9.84 Å². The number of rotatable bonds is 4. The van der Waals surface area contributed by atoms with Gasteiger partial charge in [-0.05, 0) is 37.5 Å². The number of nitro groups is 1. The van der Waals surface area contributed by atoms with E-state index in [0.717, 1.165) is 52.9 Å². The van der Waals surface area contributed by atoms with E-state index in [-0.39, 0.29) is 16.5 Å². The van der Waals surface area contributed by atoms with E-state index in [2.05, 4.69) is 4.98 Å². The lowest BCUT2D eigenvalue weighted by molar-refractivity contribution is -0.385. The quantitative estimate of drug-likeness (QED) is 0.444. The average molecular weight is 446 g/mol. The Morgan fingerprint density at radius 1 is 1.23 bits per heavy atom. The summed E-state index contributed by atoms with van der Waals surface area (Å²) in [7, 11) is -3.71. The number of carbonyl (C=O) groups is 1. The maximum atomic E-state index is 13.3. The summed E-state index contributed by atoms with van der Waals surface area (Å²) < 4.78 is 25.0. The van der Waals surface area contributed by atoms with Gasteiger partial charge in [0.2, 0.25) is 0 Å². The summed E-state index contributed by atoms with van der Waals surface area (Å²) in [6, 6.07) is 10.8. The van der Waals surface area contributed by atoms with Gasteiger partial charge < -0.3 is 4.90 Å². The fourth-order valence-electron chi connectivity index (χ4n) is 3.66. The van der Waals surface area contributed by atoms with Crippen LogP contribution in [-0.4, -0.2) is 41.9 Å². The molecule has 8 nitrogen and oxygen atoms in total. The van der Waals surface area contributed by atoms with E-state index in [0.29, 0.717) is 6.54 Å². The summed E-state index contributed by atoms with van der Waals surface area (Å²) in [4.78, 5) is 30.0. The zero-order valence-corrected chi connectivity index (χ0v) is 17.8. The number of fused-ring (bicyclic) bond motifs is 1. The molecule has 0 saturated carbocycles. The number of nitrogens with zero attached hydrogens (tertiary/aromatic N) is 3. The number of para-hydroxylation sites is 1. The van der Waals surface area contributed by atoms with E-state index in [1.807, 2.05) is 24.3 Å². The first-order valence-electron chi connectivity index (χ1n) is 9.40. The normalized spacial score (nSPS) is 17.2. The Hall–Kier alpha value is -2.85. The van der Waals surface area contributed by atoms with Gasteiger partial charge in [-0.3, -0.25) is 14.9 Å². The van der Waals surface area contributed by atoms with Crippen LogP contribution < -0.4 is 0 Å². The predicted molar refractivity (Wildman–Crippen MR) is 113 cm³/mol. The lowest BCUT2D eigenvalue weighted by Crippen LogP contribution is -2.38. The zero-order chi connectivity index (χ0) is 21.5. The molecule has 0 aliphatic carbocycles. The molecular formula is C20H19N3O5S2. The zero-order valence-electron chi connectivity index (χ0n) is 16.1. The topological polar surface area (TPSA) is 110 Å². The first kappa shape index (κ1) is 20.4. The van der Waals surface area contributed by atoms with Crippen molar-refractivity contribution in [3.05, 3.63) is 63.1 Å². The SMILES string of the molecule is CS(=O)(=O)c1cc(C(=O)N2CCCCC2c2nc3ccccc3s2)cc([N+](=O)[O-])c1. The van der Waals surface area contributed by atoms with E-state index in [4.69, 9.17) is 0 Å². The highest BCUT2D eigenvalue weighted by molar-refractivity contribution is 7.90. The van der Waals surface area contributed by atoms with E-state index >= 15 is 0 Å². The van der Waals surface area contributed by atoms with E-state index in [9.17, 15) is 23.3 Å². The third-order valence-electron chi connectivity index (χ3n) is 5.14. The number of aromatic nitrogens is 1. The van der Waals surface area contributed by atoms with Crippen LogP contribution in [0.3, 0.4) is 0 Å². The number of benzene rings is 2. The monoisotopic (exact) mass is 445 g/mol. The number of hydrogen-bond donors (Lipinski definition) is 0. The summed E-state index contributed by atoms with van der Waals surface area (Å²) in [5.74, 6) is -0.424. The Bertz CT molecular complexity index is 1220. The van der Waals surface area contributed by atoms with Crippen molar-refractivity contribution in [2.24, 2.45) is 0 Å². The van der Waals surface area contributed by atoms with Crippen molar-refractivity contribution in [3.63, 3.8) is 0 Å². The minimum Gasteiger partial charge on any atom is -0.329 e. The molecule has 2 heterocycles. The third kappa shape index (κ3) is 3.92. The van der Waals surface area contributed by atoms with E-state index < -0.39 is 26.4 Å². The van der Waals surface area contributed by atoms with Gasteiger partial charge in [0, 0.05) is 30.5 Å². The molecule has 10 heteroatoms. The molecule has 0 bridgehead atoms. The molecule has 1 aliphatic heterocycles. The maximum Gasteiger partial charge on any atom is 0.271 e. The maximum absolute atomic E-state index is 13.3. The fraction of sp³-hybridized carbons (Fsp3) is 0.300. The van der Waals surface area contributed by atoms with E-state index in [1.54, 1.807) is 4.90 Å². The minimum atomic E-state index is -3.71. The lowest BCUT2D eigenvalue weighted by atomic mass is 10.0. The summed E-state index contributed by atoms with van der Waals surface area (Å²) in [5.41, 5.74) is 0.442. The van der Waals surface area contributed by atoms with E-state index in [1.165, 1.54) is 17.4 Å². The first-order valence-corrected chi connectivity index (χ1v) is 12.1. The molecule has 30 heavy (non-hydrogen) atoms. The largest absolute Gasteiger partial charge is 0.329 e. The highest BCUT2D eigenvalue weighted by Gasteiger charge is 2.32.